The van der Waals surface area contributed by atoms with Crippen LogP contribution >= 0.6 is 0 Å². The Balaban J connectivity index is 1.80. The molecule has 0 fully saturated rings. The minimum absolute atomic E-state index is 0.156. The molecule has 0 unspecified atom stereocenters. The molecule has 0 radical (unpaired) electrons. The fourth-order valence-corrected chi connectivity index (χ4v) is 2.05. The first kappa shape index (κ1) is 13.9. The monoisotopic (exact) mass is 296 g/mol. The Morgan fingerprint density at radius 1 is 1.14 bits per heavy atom. The first-order valence-electron chi connectivity index (χ1n) is 6.69. The number of nitrogens with zero attached hydrogens (tertiary/aromatic N) is 3. The number of rotatable bonds is 3. The number of hydrogen-bond donors (Lipinski definition) is 1. The van der Waals surface area contributed by atoms with Crippen molar-refractivity contribution in [2.24, 2.45) is 0 Å². The van der Waals surface area contributed by atoms with E-state index in [0.29, 0.717) is 5.56 Å². The van der Waals surface area contributed by atoms with Crippen molar-refractivity contribution in [3.8, 4) is 5.69 Å². The minimum atomic E-state index is -0.467. The van der Waals surface area contributed by atoms with Crippen LogP contribution in [0.5, 0.6) is 0 Å². The molecule has 6 heteroatoms. The maximum Gasteiger partial charge on any atom is 0.255 e. The van der Waals surface area contributed by atoms with Gasteiger partial charge in [-0.1, -0.05) is 17.3 Å². The van der Waals surface area contributed by atoms with Gasteiger partial charge in [0.25, 0.3) is 5.91 Å². The van der Waals surface area contributed by atoms with Crippen LogP contribution in [0, 0.1) is 12.7 Å². The Bertz CT molecular complexity index is 811. The van der Waals surface area contributed by atoms with Crippen LogP contribution in [-0.2, 0) is 0 Å². The van der Waals surface area contributed by atoms with E-state index in [1.165, 1.54) is 12.1 Å². The molecule has 3 rings (SSSR count). The van der Waals surface area contributed by atoms with E-state index >= 15 is 0 Å². The largest absolute Gasteiger partial charge is 0.319 e. The molecule has 1 heterocycles. The third-order valence-corrected chi connectivity index (χ3v) is 3.22. The lowest BCUT2D eigenvalue weighted by atomic mass is 10.2. The highest BCUT2D eigenvalue weighted by Crippen LogP contribution is 2.15. The van der Waals surface area contributed by atoms with Gasteiger partial charge in [-0.05, 0) is 43.3 Å². The summed E-state index contributed by atoms with van der Waals surface area (Å²) < 4.78 is 15.2. The molecule has 22 heavy (non-hydrogen) atoms. The van der Waals surface area contributed by atoms with Gasteiger partial charge in [-0.2, -0.15) is 0 Å². The van der Waals surface area contributed by atoms with E-state index in [4.69, 9.17) is 0 Å². The Morgan fingerprint density at radius 2 is 1.86 bits per heavy atom. The van der Waals surface area contributed by atoms with E-state index in [0.717, 1.165) is 11.4 Å². The molecule has 0 spiro atoms. The third-order valence-electron chi connectivity index (χ3n) is 3.22. The second kappa shape index (κ2) is 5.77. The number of anilines is 1. The molecule has 1 aromatic heterocycles. The van der Waals surface area contributed by atoms with Gasteiger partial charge in [-0.25, -0.2) is 9.07 Å². The van der Waals surface area contributed by atoms with Crippen molar-refractivity contribution in [2.75, 3.05) is 5.32 Å². The van der Waals surface area contributed by atoms with Crippen LogP contribution in [0.15, 0.2) is 54.7 Å². The smallest absolute Gasteiger partial charge is 0.255 e. The number of carbonyl (C=O) groups excluding carboxylic acids is 1. The number of aromatic nitrogens is 3. The molecule has 5 nitrogen and oxygen atoms in total. The van der Waals surface area contributed by atoms with Crippen molar-refractivity contribution in [2.45, 2.75) is 6.92 Å². The summed E-state index contributed by atoms with van der Waals surface area (Å²) in [6.45, 7) is 1.89. The predicted octanol–water partition coefficient (Wildman–Crippen LogP) is 2.97. The van der Waals surface area contributed by atoms with Crippen LogP contribution in [0.2, 0.25) is 0 Å². The van der Waals surface area contributed by atoms with Gasteiger partial charge in [0, 0.05) is 5.56 Å². The maximum atomic E-state index is 13.5. The zero-order valence-electron chi connectivity index (χ0n) is 11.8. The van der Waals surface area contributed by atoms with Gasteiger partial charge in [-0.3, -0.25) is 4.79 Å². The summed E-state index contributed by atoms with van der Waals surface area (Å²) in [5.74, 6) is -0.835. The molecule has 2 aromatic carbocycles. The fourth-order valence-electron chi connectivity index (χ4n) is 2.05. The second-order valence-electron chi connectivity index (χ2n) is 4.77. The Labute approximate surface area is 126 Å². The quantitative estimate of drug-likeness (QED) is 0.808. The number of carbonyl (C=O) groups is 1. The summed E-state index contributed by atoms with van der Waals surface area (Å²) >= 11 is 0. The summed E-state index contributed by atoms with van der Waals surface area (Å²) in [4.78, 5) is 12.1. The Kier molecular flexibility index (Phi) is 3.65. The zero-order valence-corrected chi connectivity index (χ0v) is 11.8. The van der Waals surface area contributed by atoms with Gasteiger partial charge >= 0.3 is 0 Å². The fraction of sp³-hybridized carbons (Fsp3) is 0.0625. The molecule has 1 N–H and O–H groups in total. The highest BCUT2D eigenvalue weighted by atomic mass is 19.1. The van der Waals surface area contributed by atoms with Crippen LogP contribution in [0.4, 0.5) is 10.1 Å². The Hall–Kier alpha value is -3.02. The number of para-hydroxylation sites is 1. The first-order valence-corrected chi connectivity index (χ1v) is 6.69. The van der Waals surface area contributed by atoms with Gasteiger partial charge in [0.15, 0.2) is 0 Å². The Morgan fingerprint density at radius 3 is 2.50 bits per heavy atom. The topological polar surface area (TPSA) is 59.8 Å². The first-order chi connectivity index (χ1) is 10.6. The van der Waals surface area contributed by atoms with Crippen molar-refractivity contribution < 1.29 is 9.18 Å². The van der Waals surface area contributed by atoms with E-state index in [1.807, 2.05) is 6.92 Å². The highest BCUT2D eigenvalue weighted by molar-refractivity contribution is 6.04. The lowest BCUT2D eigenvalue weighted by molar-refractivity contribution is 0.102. The SMILES string of the molecule is Cc1cnnn1-c1ccc(C(=O)Nc2ccccc2F)cc1. The van der Waals surface area contributed by atoms with E-state index in [-0.39, 0.29) is 11.6 Å². The van der Waals surface area contributed by atoms with Gasteiger partial charge < -0.3 is 5.32 Å². The molecule has 0 aliphatic heterocycles. The zero-order chi connectivity index (χ0) is 15.5. The lowest BCUT2D eigenvalue weighted by Crippen LogP contribution is -2.13. The predicted molar refractivity (Wildman–Crippen MR) is 80.4 cm³/mol. The van der Waals surface area contributed by atoms with Crippen LogP contribution in [0.25, 0.3) is 5.69 Å². The van der Waals surface area contributed by atoms with Crippen LogP contribution in [0.3, 0.4) is 0 Å². The van der Waals surface area contributed by atoms with Crippen molar-refractivity contribution in [1.29, 1.82) is 0 Å². The van der Waals surface area contributed by atoms with E-state index in [1.54, 1.807) is 47.3 Å². The van der Waals surface area contributed by atoms with Crippen molar-refractivity contribution >= 4 is 11.6 Å². The number of aryl methyl sites for hydroxylation is 1. The summed E-state index contributed by atoms with van der Waals surface area (Å²) in [5.41, 5.74) is 2.29. The van der Waals surface area contributed by atoms with Crippen LogP contribution in [-0.4, -0.2) is 20.9 Å². The third kappa shape index (κ3) is 2.71. The lowest BCUT2D eigenvalue weighted by Gasteiger charge is -2.07. The average molecular weight is 296 g/mol. The number of amides is 1. The summed E-state index contributed by atoms with van der Waals surface area (Å²) in [6.07, 6.45) is 1.65. The molecule has 0 aliphatic carbocycles. The number of hydrogen-bond acceptors (Lipinski definition) is 3. The van der Waals surface area contributed by atoms with Gasteiger partial charge in [-0.15, -0.1) is 5.10 Å². The normalized spacial score (nSPS) is 10.5. The van der Waals surface area contributed by atoms with Crippen molar-refractivity contribution in [3.05, 3.63) is 71.8 Å². The average Bonchev–Trinajstić information content (AvgIpc) is 2.96. The second-order valence-corrected chi connectivity index (χ2v) is 4.77. The standard InChI is InChI=1S/C16H13FN4O/c1-11-10-18-20-21(11)13-8-6-12(7-9-13)16(22)19-15-5-3-2-4-14(15)17/h2-10H,1H3,(H,19,22). The summed E-state index contributed by atoms with van der Waals surface area (Å²) in [7, 11) is 0. The molecular formula is C16H13FN4O. The molecule has 0 saturated heterocycles. The summed E-state index contributed by atoms with van der Waals surface area (Å²) in [5, 5.41) is 10.3. The van der Waals surface area contributed by atoms with Gasteiger partial charge in [0.1, 0.15) is 5.82 Å². The molecule has 110 valence electrons. The summed E-state index contributed by atoms with van der Waals surface area (Å²) in [6, 6.07) is 12.9. The van der Waals surface area contributed by atoms with Gasteiger partial charge in [0.05, 0.1) is 23.3 Å². The molecule has 3 aromatic rings. The van der Waals surface area contributed by atoms with E-state index in [9.17, 15) is 9.18 Å². The highest BCUT2D eigenvalue weighted by Gasteiger charge is 2.09. The maximum absolute atomic E-state index is 13.5. The minimum Gasteiger partial charge on any atom is -0.319 e. The number of halogens is 1. The van der Waals surface area contributed by atoms with E-state index < -0.39 is 5.82 Å². The van der Waals surface area contributed by atoms with Gasteiger partial charge in [0.2, 0.25) is 0 Å². The molecule has 1 amide bonds. The van der Waals surface area contributed by atoms with E-state index in [2.05, 4.69) is 15.6 Å². The van der Waals surface area contributed by atoms with Crippen LogP contribution < -0.4 is 5.32 Å². The molecule has 0 bridgehead atoms. The molecule has 0 atom stereocenters. The molecular weight excluding hydrogens is 283 g/mol. The molecule has 0 saturated carbocycles. The number of benzene rings is 2. The van der Waals surface area contributed by atoms with Crippen molar-refractivity contribution in [1.82, 2.24) is 15.0 Å². The molecule has 0 aliphatic rings. The van der Waals surface area contributed by atoms with Crippen molar-refractivity contribution in [3.63, 3.8) is 0 Å². The van der Waals surface area contributed by atoms with Crippen LogP contribution in [0.1, 0.15) is 16.1 Å². The number of nitrogens with one attached hydrogen (secondary N) is 1.